The minimum atomic E-state index is -0.792. The molecular weight excluding hydrogens is 642 g/mol. The number of carbonyl (C=O) groups is 8. The van der Waals surface area contributed by atoms with E-state index in [0.29, 0.717) is 31.9 Å². The van der Waals surface area contributed by atoms with Crippen molar-refractivity contribution in [3.63, 3.8) is 0 Å². The molecule has 48 heavy (non-hydrogen) atoms. The Bertz CT molecular complexity index is 1120. The number of amides is 4. The van der Waals surface area contributed by atoms with E-state index in [9.17, 15) is 38.4 Å². The Balaban J connectivity index is 2.08. The zero-order valence-corrected chi connectivity index (χ0v) is 29.7. The summed E-state index contributed by atoms with van der Waals surface area (Å²) in [7, 11) is 0. The summed E-state index contributed by atoms with van der Waals surface area (Å²) in [5.41, 5.74) is 0. The molecule has 0 aromatic rings. The van der Waals surface area contributed by atoms with Crippen molar-refractivity contribution in [3.8, 4) is 0 Å². The predicted octanol–water partition coefficient (Wildman–Crippen LogP) is 2.73. The maximum absolute atomic E-state index is 12.6. The van der Waals surface area contributed by atoms with Gasteiger partial charge in [0.25, 0.3) is 11.8 Å². The first kappa shape index (κ1) is 42.8. The lowest BCUT2D eigenvalue weighted by Crippen LogP contribution is -2.43. The van der Waals surface area contributed by atoms with Gasteiger partial charge in [-0.25, -0.2) is 0 Å². The van der Waals surface area contributed by atoms with Gasteiger partial charge in [-0.3, -0.25) is 38.5 Å². The van der Waals surface area contributed by atoms with Crippen LogP contribution in [0.5, 0.6) is 0 Å². The quantitative estimate of drug-likeness (QED) is 0.0667. The highest BCUT2D eigenvalue weighted by atomic mass is 32.2. The Kier molecular flexibility index (Phi) is 22.1. The van der Waals surface area contributed by atoms with E-state index in [2.05, 4.69) is 10.6 Å². The third-order valence-corrected chi connectivity index (χ3v) is 8.53. The number of ether oxygens (including phenoxy) is 2. The van der Waals surface area contributed by atoms with Crippen molar-refractivity contribution in [2.24, 2.45) is 11.8 Å². The van der Waals surface area contributed by atoms with E-state index >= 15 is 0 Å². The fourth-order valence-corrected chi connectivity index (χ4v) is 5.36. The third-order valence-electron chi connectivity index (χ3n) is 7.60. The van der Waals surface area contributed by atoms with Crippen molar-refractivity contribution < 1.29 is 47.8 Å². The van der Waals surface area contributed by atoms with Crippen LogP contribution in [-0.2, 0) is 47.8 Å². The van der Waals surface area contributed by atoms with Gasteiger partial charge in [0.15, 0.2) is 5.78 Å². The van der Waals surface area contributed by atoms with Crippen LogP contribution in [0.4, 0.5) is 0 Å². The fourth-order valence-electron chi connectivity index (χ4n) is 4.56. The molecule has 0 saturated carbocycles. The van der Waals surface area contributed by atoms with Gasteiger partial charge in [-0.2, -0.15) is 0 Å². The van der Waals surface area contributed by atoms with Gasteiger partial charge in [-0.15, -0.1) is 11.8 Å². The second kappa shape index (κ2) is 24.8. The van der Waals surface area contributed by atoms with Crippen LogP contribution in [0.3, 0.4) is 0 Å². The van der Waals surface area contributed by atoms with Crippen LogP contribution in [-0.4, -0.2) is 102 Å². The average Bonchev–Trinajstić information content (AvgIpc) is 3.35. The predicted molar refractivity (Wildman–Crippen MR) is 181 cm³/mol. The number of rotatable bonds is 29. The van der Waals surface area contributed by atoms with Gasteiger partial charge in [0.2, 0.25) is 11.8 Å². The molecule has 0 saturated heterocycles. The molecule has 1 heterocycles. The molecule has 1 rings (SSSR count). The van der Waals surface area contributed by atoms with Gasteiger partial charge >= 0.3 is 0 Å². The Morgan fingerprint density at radius 1 is 0.729 bits per heavy atom. The van der Waals surface area contributed by atoms with Crippen molar-refractivity contribution in [3.05, 3.63) is 12.2 Å². The first-order valence-corrected chi connectivity index (χ1v) is 17.9. The van der Waals surface area contributed by atoms with Crippen molar-refractivity contribution >= 4 is 58.5 Å². The molecule has 3 unspecified atom stereocenters. The summed E-state index contributed by atoms with van der Waals surface area (Å²) in [6, 6.07) is -0.792. The van der Waals surface area contributed by atoms with Crippen LogP contribution < -0.4 is 10.6 Å². The molecule has 3 atom stereocenters. The summed E-state index contributed by atoms with van der Waals surface area (Å²) < 4.78 is 10.9. The van der Waals surface area contributed by atoms with Gasteiger partial charge in [-0.05, 0) is 38.9 Å². The van der Waals surface area contributed by atoms with Crippen LogP contribution in [0.1, 0.15) is 91.9 Å². The first-order chi connectivity index (χ1) is 22.8. The molecular formula is C34H53N3O10S. The number of unbranched alkanes of at least 4 members (excludes halogenated alkanes) is 2. The van der Waals surface area contributed by atoms with Crippen LogP contribution in [0.25, 0.3) is 0 Å². The zero-order chi connectivity index (χ0) is 35.9. The first-order valence-electron chi connectivity index (χ1n) is 16.7. The SMILES string of the molecule is CC(=O)CCCCCSCNC(=O)C(C)CC(=O)C(C)NC(=O)C(C)CC(=O)CCOCCOCCCC(=O)CCN1C(=O)C=CC1=O. The molecule has 1 aliphatic heterocycles. The fraction of sp³-hybridized carbons (Fsp3) is 0.706. The summed E-state index contributed by atoms with van der Waals surface area (Å²) in [4.78, 5) is 96.8. The molecule has 0 radical (unpaired) electrons. The second-order valence-corrected chi connectivity index (χ2v) is 13.2. The summed E-state index contributed by atoms with van der Waals surface area (Å²) >= 11 is 1.59. The summed E-state index contributed by atoms with van der Waals surface area (Å²) in [5, 5.41) is 5.46. The van der Waals surface area contributed by atoms with Crippen molar-refractivity contribution in [1.82, 2.24) is 15.5 Å². The molecule has 2 N–H and O–H groups in total. The number of Topliss-reactive ketones (excluding diaryl/α,β-unsaturated/α-hetero) is 4. The Morgan fingerprint density at radius 2 is 1.38 bits per heavy atom. The van der Waals surface area contributed by atoms with Gasteiger partial charge in [0.05, 0.1) is 31.7 Å². The van der Waals surface area contributed by atoms with Gasteiger partial charge in [0.1, 0.15) is 17.3 Å². The van der Waals surface area contributed by atoms with Gasteiger partial charge in [0, 0.05) is 75.7 Å². The molecule has 0 aromatic carbocycles. The van der Waals surface area contributed by atoms with Gasteiger partial charge < -0.3 is 24.9 Å². The van der Waals surface area contributed by atoms with E-state index in [0.717, 1.165) is 29.9 Å². The van der Waals surface area contributed by atoms with E-state index in [-0.39, 0.29) is 80.9 Å². The average molecular weight is 696 g/mol. The molecule has 13 nitrogen and oxygen atoms in total. The monoisotopic (exact) mass is 695 g/mol. The Morgan fingerprint density at radius 3 is 2.04 bits per heavy atom. The van der Waals surface area contributed by atoms with Crippen LogP contribution >= 0.6 is 11.8 Å². The number of hydrogen-bond donors (Lipinski definition) is 2. The minimum Gasteiger partial charge on any atom is -0.379 e. The number of nitrogens with one attached hydrogen (secondary N) is 2. The maximum atomic E-state index is 12.6. The smallest absolute Gasteiger partial charge is 0.253 e. The largest absolute Gasteiger partial charge is 0.379 e. The molecule has 14 heteroatoms. The van der Waals surface area contributed by atoms with Crippen LogP contribution in [0.2, 0.25) is 0 Å². The Labute approximate surface area is 288 Å². The highest BCUT2D eigenvalue weighted by molar-refractivity contribution is 7.99. The lowest BCUT2D eigenvalue weighted by molar-refractivity contribution is -0.137. The van der Waals surface area contributed by atoms with Gasteiger partial charge in [-0.1, -0.05) is 20.3 Å². The zero-order valence-electron chi connectivity index (χ0n) is 28.8. The molecule has 4 amide bonds. The summed E-state index contributed by atoms with van der Waals surface area (Å²) in [5.74, 6) is -1.59. The highest BCUT2D eigenvalue weighted by Crippen LogP contribution is 2.11. The van der Waals surface area contributed by atoms with Crippen molar-refractivity contribution in [2.45, 2.75) is 97.9 Å². The number of ketones is 4. The van der Waals surface area contributed by atoms with Crippen molar-refractivity contribution in [1.29, 1.82) is 0 Å². The van der Waals surface area contributed by atoms with E-state index in [4.69, 9.17) is 9.47 Å². The highest BCUT2D eigenvalue weighted by Gasteiger charge is 2.25. The van der Waals surface area contributed by atoms with Crippen LogP contribution in [0.15, 0.2) is 12.2 Å². The molecule has 270 valence electrons. The standard InChI is InChI=1S/C34H53N3O10S/c1-24(34(45)36-27(4)30(41)22-25(2)33(44)35-23-48-20-7-5-6-9-26(3)38)21-29(40)14-17-47-19-18-46-16-8-10-28(39)13-15-37-31(42)11-12-32(37)43/h11-12,24-25,27H,5-10,13-23H2,1-4H3,(H,35,44)(H,36,45). The number of hydrogen-bond acceptors (Lipinski definition) is 11. The molecule has 1 aliphatic rings. The second-order valence-electron chi connectivity index (χ2n) is 12.1. The third kappa shape index (κ3) is 19.6. The lowest BCUT2D eigenvalue weighted by Gasteiger charge is -2.18. The molecule has 0 bridgehead atoms. The van der Waals surface area contributed by atoms with E-state index in [1.165, 1.54) is 12.2 Å². The molecule has 0 aromatic heterocycles. The number of nitrogens with zero attached hydrogens (tertiary/aromatic N) is 1. The number of carbonyl (C=O) groups excluding carboxylic acids is 8. The number of thioether (sulfide) groups is 1. The number of imide groups is 1. The maximum Gasteiger partial charge on any atom is 0.253 e. The van der Waals surface area contributed by atoms with E-state index in [1.54, 1.807) is 39.5 Å². The summed E-state index contributed by atoms with van der Waals surface area (Å²) in [6.45, 7) is 7.59. The normalized spacial score (nSPS) is 14.5. The Hall–Kier alpha value is -3.23. The van der Waals surface area contributed by atoms with Crippen molar-refractivity contribution in [2.75, 3.05) is 44.6 Å². The minimum absolute atomic E-state index is 0.00439. The van der Waals surface area contributed by atoms with E-state index in [1.807, 2.05) is 0 Å². The topological polar surface area (TPSA) is 182 Å². The summed E-state index contributed by atoms with van der Waals surface area (Å²) in [6.07, 6.45) is 6.80. The molecule has 0 spiro atoms. The van der Waals surface area contributed by atoms with Crippen LogP contribution in [0, 0.1) is 11.8 Å². The van der Waals surface area contributed by atoms with E-state index < -0.39 is 35.6 Å². The molecule has 0 fully saturated rings. The molecule has 0 aliphatic carbocycles. The lowest BCUT2D eigenvalue weighted by atomic mass is 9.98.